The topological polar surface area (TPSA) is 86.4 Å². The lowest BCUT2D eigenvalue weighted by Crippen LogP contribution is -2.40. The molecule has 0 unspecified atom stereocenters. The summed E-state index contributed by atoms with van der Waals surface area (Å²) >= 11 is 0. The average Bonchev–Trinajstić information content (AvgIpc) is 3.18. The molecular weight excluding hydrogens is 370 g/mol. The number of ether oxygens (including phenoxy) is 1. The molecular formula is C22H23N3O4. The van der Waals surface area contributed by atoms with Crippen LogP contribution in [-0.4, -0.2) is 28.3 Å². The molecule has 1 aromatic carbocycles. The Hall–Kier alpha value is -2.93. The molecule has 7 nitrogen and oxygen atoms in total. The van der Waals surface area contributed by atoms with Crippen molar-refractivity contribution in [2.45, 2.75) is 50.8 Å². The summed E-state index contributed by atoms with van der Waals surface area (Å²) in [5.74, 6) is 0.150. The van der Waals surface area contributed by atoms with Gasteiger partial charge in [-0.05, 0) is 37.8 Å². The van der Waals surface area contributed by atoms with Gasteiger partial charge in [-0.15, -0.1) is 0 Å². The summed E-state index contributed by atoms with van der Waals surface area (Å²) in [5.41, 5.74) is 2.52. The van der Waals surface area contributed by atoms with Gasteiger partial charge >= 0.3 is 0 Å². The highest BCUT2D eigenvalue weighted by atomic mass is 16.5. The Balaban J connectivity index is 1.24. The lowest BCUT2D eigenvalue weighted by atomic mass is 9.91. The normalized spacial score (nSPS) is 21.7. The van der Waals surface area contributed by atoms with Crippen LogP contribution in [0.2, 0.25) is 0 Å². The molecule has 1 saturated carbocycles. The smallest absolute Gasteiger partial charge is 0.287 e. The minimum atomic E-state index is -0.186. The number of rotatable bonds is 3. The van der Waals surface area contributed by atoms with Crippen molar-refractivity contribution in [2.24, 2.45) is 0 Å². The first-order valence-electron chi connectivity index (χ1n) is 10.2. The first-order chi connectivity index (χ1) is 14.2. The molecule has 3 aromatic rings. The van der Waals surface area contributed by atoms with Gasteiger partial charge in [-0.1, -0.05) is 18.2 Å². The number of carbonyl (C=O) groups is 1. The van der Waals surface area contributed by atoms with E-state index in [1.807, 2.05) is 24.3 Å². The van der Waals surface area contributed by atoms with Gasteiger partial charge < -0.3 is 14.5 Å². The van der Waals surface area contributed by atoms with Crippen molar-refractivity contribution in [3.63, 3.8) is 0 Å². The number of nitrogens with one attached hydrogen (secondary N) is 1. The minimum absolute atomic E-state index is 0.0657. The van der Waals surface area contributed by atoms with Crippen molar-refractivity contribution < 1.29 is 13.9 Å². The van der Waals surface area contributed by atoms with Gasteiger partial charge in [-0.3, -0.25) is 9.59 Å². The highest BCUT2D eigenvalue weighted by molar-refractivity contribution is 5.96. The van der Waals surface area contributed by atoms with Crippen molar-refractivity contribution in [3.8, 4) is 0 Å². The number of furan rings is 1. The maximum Gasteiger partial charge on any atom is 0.287 e. The van der Waals surface area contributed by atoms with Gasteiger partial charge in [0.1, 0.15) is 5.58 Å². The van der Waals surface area contributed by atoms with E-state index in [-0.39, 0.29) is 23.6 Å². The van der Waals surface area contributed by atoms with E-state index in [9.17, 15) is 9.59 Å². The third kappa shape index (κ3) is 3.58. The molecule has 0 saturated heterocycles. The van der Waals surface area contributed by atoms with E-state index >= 15 is 0 Å². The summed E-state index contributed by atoms with van der Waals surface area (Å²) < 4.78 is 12.7. The maximum atomic E-state index is 12.6. The molecule has 1 fully saturated rings. The number of amides is 1. The maximum absolute atomic E-state index is 12.6. The van der Waals surface area contributed by atoms with Crippen molar-refractivity contribution in [2.75, 3.05) is 6.61 Å². The van der Waals surface area contributed by atoms with Crippen LogP contribution in [0, 0.1) is 0 Å². The zero-order valence-corrected chi connectivity index (χ0v) is 16.1. The second kappa shape index (κ2) is 7.48. The molecule has 1 amide bonds. The zero-order chi connectivity index (χ0) is 19.8. The van der Waals surface area contributed by atoms with Gasteiger partial charge in [-0.2, -0.15) is 5.10 Å². The van der Waals surface area contributed by atoms with Crippen LogP contribution in [0.25, 0.3) is 11.0 Å². The van der Waals surface area contributed by atoms with Gasteiger partial charge in [0.05, 0.1) is 24.9 Å². The molecule has 2 aromatic heterocycles. The highest BCUT2D eigenvalue weighted by Gasteiger charge is 2.27. The predicted octanol–water partition coefficient (Wildman–Crippen LogP) is 2.98. The average molecular weight is 393 g/mol. The zero-order valence-electron chi connectivity index (χ0n) is 16.1. The Labute approximate surface area is 167 Å². The van der Waals surface area contributed by atoms with E-state index in [2.05, 4.69) is 10.4 Å². The first kappa shape index (κ1) is 18.1. The number of aromatic nitrogens is 2. The van der Waals surface area contributed by atoms with Gasteiger partial charge in [0.15, 0.2) is 5.76 Å². The molecule has 1 N–H and O–H groups in total. The van der Waals surface area contributed by atoms with Crippen LogP contribution in [0.5, 0.6) is 0 Å². The number of hydrogen-bond donors (Lipinski definition) is 1. The largest absolute Gasteiger partial charge is 0.451 e. The standard InChI is InChI=1S/C22H23N3O4/c26-21-12-15-13-28-10-9-18(15)24-25(21)17-7-5-16(6-8-17)23-22(27)20-11-14-3-1-2-4-19(14)29-20/h1-4,11-12,16-17H,5-10,13H2,(H,23,27). The fourth-order valence-electron chi connectivity index (χ4n) is 4.31. The highest BCUT2D eigenvalue weighted by Crippen LogP contribution is 2.28. The van der Waals surface area contributed by atoms with E-state index in [1.54, 1.807) is 16.8 Å². The molecule has 2 aliphatic rings. The summed E-state index contributed by atoms with van der Waals surface area (Å²) in [7, 11) is 0. The van der Waals surface area contributed by atoms with Crippen molar-refractivity contribution >= 4 is 16.9 Å². The van der Waals surface area contributed by atoms with Crippen LogP contribution in [0.1, 0.15) is 53.5 Å². The molecule has 0 atom stereocenters. The van der Waals surface area contributed by atoms with E-state index < -0.39 is 0 Å². The molecule has 1 aliphatic carbocycles. The summed E-state index contributed by atoms with van der Waals surface area (Å²) in [6, 6.07) is 11.2. The van der Waals surface area contributed by atoms with Crippen LogP contribution >= 0.6 is 0 Å². The molecule has 1 aliphatic heterocycles. The third-order valence-corrected chi connectivity index (χ3v) is 5.89. The summed E-state index contributed by atoms with van der Waals surface area (Å²) in [5, 5.41) is 8.61. The molecule has 7 heteroatoms. The monoisotopic (exact) mass is 393 g/mol. The number of carbonyl (C=O) groups excluding carboxylic acids is 1. The molecule has 0 radical (unpaired) electrons. The summed E-state index contributed by atoms with van der Waals surface area (Å²) in [6.07, 6.45) is 3.99. The van der Waals surface area contributed by atoms with Crippen LogP contribution in [0.4, 0.5) is 0 Å². The Kier molecular flexibility index (Phi) is 4.67. The van der Waals surface area contributed by atoms with Crippen LogP contribution in [0.3, 0.4) is 0 Å². The van der Waals surface area contributed by atoms with E-state index in [1.165, 1.54) is 0 Å². The van der Waals surface area contributed by atoms with E-state index in [4.69, 9.17) is 9.15 Å². The second-order valence-electron chi connectivity index (χ2n) is 7.83. The number of benzene rings is 1. The minimum Gasteiger partial charge on any atom is -0.451 e. The number of hydrogen-bond acceptors (Lipinski definition) is 5. The van der Waals surface area contributed by atoms with Crippen LogP contribution in [-0.2, 0) is 17.8 Å². The molecule has 0 spiro atoms. The number of nitrogens with zero attached hydrogens (tertiary/aromatic N) is 2. The quantitative estimate of drug-likeness (QED) is 0.739. The van der Waals surface area contributed by atoms with Gasteiger partial charge in [0.25, 0.3) is 11.5 Å². The van der Waals surface area contributed by atoms with Crippen molar-refractivity contribution in [3.05, 3.63) is 63.8 Å². The van der Waals surface area contributed by atoms with Gasteiger partial charge in [-0.25, -0.2) is 4.68 Å². The van der Waals surface area contributed by atoms with Gasteiger partial charge in [0.2, 0.25) is 0 Å². The Morgan fingerprint density at radius 1 is 1.14 bits per heavy atom. The SMILES string of the molecule is O=C(NC1CCC(n2nc3c(cc2=O)COCC3)CC1)c1cc2ccccc2o1. The fourth-order valence-corrected chi connectivity index (χ4v) is 4.31. The Bertz CT molecular complexity index is 1080. The van der Waals surface area contributed by atoms with Gasteiger partial charge in [0, 0.05) is 29.5 Å². The number of fused-ring (bicyclic) bond motifs is 2. The predicted molar refractivity (Wildman–Crippen MR) is 107 cm³/mol. The third-order valence-electron chi connectivity index (χ3n) is 5.89. The molecule has 0 bridgehead atoms. The van der Waals surface area contributed by atoms with E-state index in [0.29, 0.717) is 24.6 Å². The first-order valence-corrected chi connectivity index (χ1v) is 10.2. The lowest BCUT2D eigenvalue weighted by Gasteiger charge is -2.30. The second-order valence-corrected chi connectivity index (χ2v) is 7.83. The van der Waals surface area contributed by atoms with Crippen molar-refractivity contribution in [1.82, 2.24) is 15.1 Å². The van der Waals surface area contributed by atoms with Crippen LogP contribution < -0.4 is 10.9 Å². The molecule has 5 rings (SSSR count). The summed E-state index contributed by atoms with van der Waals surface area (Å²) in [6.45, 7) is 1.12. The molecule has 29 heavy (non-hydrogen) atoms. The number of para-hydroxylation sites is 1. The van der Waals surface area contributed by atoms with Crippen LogP contribution in [0.15, 0.2) is 45.6 Å². The molecule has 3 heterocycles. The lowest BCUT2D eigenvalue weighted by molar-refractivity contribution is 0.0894. The molecule has 150 valence electrons. The Morgan fingerprint density at radius 3 is 2.79 bits per heavy atom. The fraction of sp³-hybridized carbons (Fsp3) is 0.409. The Morgan fingerprint density at radius 2 is 1.97 bits per heavy atom. The van der Waals surface area contributed by atoms with Crippen molar-refractivity contribution in [1.29, 1.82) is 0 Å². The summed E-state index contributed by atoms with van der Waals surface area (Å²) in [4.78, 5) is 25.0. The van der Waals surface area contributed by atoms with E-state index in [0.717, 1.165) is 48.7 Å².